The zero-order valence-electron chi connectivity index (χ0n) is 11.7. The van der Waals surface area contributed by atoms with Crippen LogP contribution in [0.4, 0.5) is 0 Å². The quantitative estimate of drug-likeness (QED) is 0.837. The van der Waals surface area contributed by atoms with Crippen LogP contribution >= 0.6 is 0 Å². The second-order valence-corrected chi connectivity index (χ2v) is 5.83. The summed E-state index contributed by atoms with van der Waals surface area (Å²) in [4.78, 5) is 22.5. The van der Waals surface area contributed by atoms with Gasteiger partial charge in [-0.3, -0.25) is 4.79 Å². The van der Waals surface area contributed by atoms with E-state index in [1.165, 1.54) is 19.3 Å². The molecule has 21 heavy (non-hydrogen) atoms. The van der Waals surface area contributed by atoms with Crippen LogP contribution in [0.3, 0.4) is 0 Å². The summed E-state index contributed by atoms with van der Waals surface area (Å²) in [5, 5.41) is 11.6. The number of carboxylic acid groups (broad SMARTS) is 1. The minimum absolute atomic E-state index is 0.154. The van der Waals surface area contributed by atoms with E-state index >= 15 is 0 Å². The zero-order valence-corrected chi connectivity index (χ0v) is 11.7. The van der Waals surface area contributed by atoms with E-state index in [9.17, 15) is 9.59 Å². The number of rotatable bonds is 6. The van der Waals surface area contributed by atoms with Crippen LogP contribution < -0.4 is 10.1 Å². The van der Waals surface area contributed by atoms with E-state index in [1.807, 2.05) is 6.07 Å². The van der Waals surface area contributed by atoms with Gasteiger partial charge in [-0.1, -0.05) is 18.6 Å². The lowest BCUT2D eigenvalue weighted by atomic mass is 10.1. The zero-order chi connectivity index (χ0) is 14.8. The summed E-state index contributed by atoms with van der Waals surface area (Å²) in [5.74, 6) is 1.12. The normalized spacial score (nSPS) is 26.0. The fraction of sp³-hybridized carbons (Fsp3) is 0.500. The number of carbonyl (C=O) groups excluding carboxylic acids is 1. The number of benzene rings is 1. The predicted octanol–water partition coefficient (Wildman–Crippen LogP) is 1.81. The monoisotopic (exact) mass is 289 g/mol. The molecule has 0 spiro atoms. The molecular formula is C16H19NO4. The van der Waals surface area contributed by atoms with Crippen LogP contribution in [0, 0.1) is 17.8 Å². The highest BCUT2D eigenvalue weighted by molar-refractivity contribution is 5.82. The molecule has 1 amide bonds. The Morgan fingerprint density at radius 3 is 2.76 bits per heavy atom. The van der Waals surface area contributed by atoms with Gasteiger partial charge in [-0.05, 0) is 42.4 Å². The van der Waals surface area contributed by atoms with Crippen LogP contribution in [-0.4, -0.2) is 23.6 Å². The molecule has 0 aliphatic heterocycles. The molecule has 3 rings (SSSR count). The third-order valence-corrected chi connectivity index (χ3v) is 4.44. The van der Waals surface area contributed by atoms with Gasteiger partial charge in [-0.15, -0.1) is 0 Å². The Hall–Kier alpha value is -2.04. The lowest BCUT2D eigenvalue weighted by molar-refractivity contribution is -0.139. The third kappa shape index (κ3) is 3.17. The van der Waals surface area contributed by atoms with Crippen molar-refractivity contribution < 1.29 is 19.4 Å². The molecule has 0 aromatic heterocycles. The van der Waals surface area contributed by atoms with E-state index in [0.717, 1.165) is 5.56 Å². The topological polar surface area (TPSA) is 75.6 Å². The van der Waals surface area contributed by atoms with E-state index in [-0.39, 0.29) is 18.4 Å². The summed E-state index contributed by atoms with van der Waals surface area (Å²) in [7, 11) is 0. The molecule has 0 radical (unpaired) electrons. The molecule has 2 fully saturated rings. The fourth-order valence-electron chi connectivity index (χ4n) is 3.41. The molecule has 5 heteroatoms. The maximum atomic E-state index is 12.1. The van der Waals surface area contributed by atoms with Crippen molar-refractivity contribution in [3.05, 3.63) is 29.8 Å². The van der Waals surface area contributed by atoms with Crippen molar-refractivity contribution in [2.75, 3.05) is 6.61 Å². The lowest BCUT2D eigenvalue weighted by Gasteiger charge is -2.08. The molecule has 0 saturated heterocycles. The molecule has 2 N–H and O–H groups in total. The van der Waals surface area contributed by atoms with Gasteiger partial charge in [0.1, 0.15) is 5.75 Å². The summed E-state index contributed by atoms with van der Waals surface area (Å²) in [6, 6.07) is 7.16. The van der Waals surface area contributed by atoms with Crippen LogP contribution in [0.2, 0.25) is 0 Å². The number of amides is 1. The number of carboxylic acids is 1. The van der Waals surface area contributed by atoms with Crippen molar-refractivity contribution in [2.45, 2.75) is 25.8 Å². The van der Waals surface area contributed by atoms with Gasteiger partial charge in [-0.25, -0.2) is 4.79 Å². The summed E-state index contributed by atoms with van der Waals surface area (Å²) in [6.45, 7) is 0.0975. The van der Waals surface area contributed by atoms with Crippen LogP contribution in [-0.2, 0) is 16.1 Å². The van der Waals surface area contributed by atoms with Gasteiger partial charge in [0.2, 0.25) is 5.91 Å². The van der Waals surface area contributed by atoms with E-state index in [4.69, 9.17) is 9.84 Å². The summed E-state index contributed by atoms with van der Waals surface area (Å²) in [5.41, 5.74) is 0.914. The molecule has 0 heterocycles. The minimum atomic E-state index is -1.01. The largest absolute Gasteiger partial charge is 0.482 e. The van der Waals surface area contributed by atoms with Crippen LogP contribution in [0.5, 0.6) is 5.75 Å². The molecule has 2 saturated carbocycles. The van der Waals surface area contributed by atoms with Gasteiger partial charge in [0.15, 0.2) is 6.61 Å². The summed E-state index contributed by atoms with van der Waals surface area (Å²) < 4.78 is 5.12. The number of hydrogen-bond donors (Lipinski definition) is 2. The van der Waals surface area contributed by atoms with Crippen molar-refractivity contribution in [1.29, 1.82) is 0 Å². The Morgan fingerprint density at radius 2 is 2.05 bits per heavy atom. The summed E-state index contributed by atoms with van der Waals surface area (Å²) >= 11 is 0. The second kappa shape index (κ2) is 5.76. The Morgan fingerprint density at radius 1 is 1.29 bits per heavy atom. The molecule has 0 bridgehead atoms. The lowest BCUT2D eigenvalue weighted by Crippen LogP contribution is -2.26. The third-order valence-electron chi connectivity index (χ3n) is 4.44. The van der Waals surface area contributed by atoms with Gasteiger partial charge < -0.3 is 15.2 Å². The van der Waals surface area contributed by atoms with Crippen LogP contribution in [0.15, 0.2) is 24.3 Å². The van der Waals surface area contributed by atoms with Crippen molar-refractivity contribution in [2.24, 2.45) is 17.8 Å². The second-order valence-electron chi connectivity index (χ2n) is 5.83. The Kier molecular flexibility index (Phi) is 3.82. The van der Waals surface area contributed by atoms with Crippen molar-refractivity contribution in [3.8, 4) is 5.75 Å². The van der Waals surface area contributed by atoms with E-state index < -0.39 is 5.97 Å². The molecule has 2 aliphatic rings. The maximum Gasteiger partial charge on any atom is 0.341 e. The maximum absolute atomic E-state index is 12.1. The fourth-order valence-corrected chi connectivity index (χ4v) is 3.41. The standard InChI is InChI=1S/C16H19NO4/c18-14(19)9-21-11-4-1-3-10(7-11)8-17-16(20)15-12-5-2-6-13(12)15/h1,3-4,7,12-13,15H,2,5-6,8-9H2,(H,17,20)(H,18,19). The van der Waals surface area contributed by atoms with Gasteiger partial charge in [-0.2, -0.15) is 0 Å². The molecule has 112 valence electrons. The predicted molar refractivity (Wildman–Crippen MR) is 75.7 cm³/mol. The van der Waals surface area contributed by atoms with E-state index in [2.05, 4.69) is 5.32 Å². The van der Waals surface area contributed by atoms with Crippen LogP contribution in [0.1, 0.15) is 24.8 Å². The first-order chi connectivity index (χ1) is 10.1. The number of hydrogen-bond acceptors (Lipinski definition) is 3. The van der Waals surface area contributed by atoms with Gasteiger partial charge in [0.05, 0.1) is 0 Å². The molecule has 1 aromatic rings. The van der Waals surface area contributed by atoms with E-state index in [1.54, 1.807) is 18.2 Å². The number of aliphatic carboxylic acids is 1. The van der Waals surface area contributed by atoms with Crippen molar-refractivity contribution in [1.82, 2.24) is 5.32 Å². The van der Waals surface area contributed by atoms with Gasteiger partial charge >= 0.3 is 5.97 Å². The molecule has 1 aromatic carbocycles. The number of ether oxygens (including phenoxy) is 1. The minimum Gasteiger partial charge on any atom is -0.482 e. The first kappa shape index (κ1) is 13.9. The highest BCUT2D eigenvalue weighted by Crippen LogP contribution is 2.57. The molecule has 5 nitrogen and oxygen atoms in total. The summed E-state index contributed by atoms with van der Waals surface area (Å²) in [6.07, 6.45) is 3.66. The van der Waals surface area contributed by atoms with Gasteiger partial charge in [0, 0.05) is 12.5 Å². The van der Waals surface area contributed by atoms with Gasteiger partial charge in [0.25, 0.3) is 0 Å². The Labute approximate surface area is 123 Å². The molecule has 2 atom stereocenters. The number of nitrogens with one attached hydrogen (secondary N) is 1. The number of fused-ring (bicyclic) bond motifs is 1. The van der Waals surface area contributed by atoms with E-state index in [0.29, 0.717) is 24.1 Å². The van der Waals surface area contributed by atoms with Crippen molar-refractivity contribution >= 4 is 11.9 Å². The SMILES string of the molecule is O=C(O)COc1cccc(CNC(=O)C2C3CCCC32)c1. The molecular weight excluding hydrogens is 270 g/mol. The highest BCUT2D eigenvalue weighted by atomic mass is 16.5. The average Bonchev–Trinajstić information content (AvgIpc) is 2.96. The average molecular weight is 289 g/mol. The highest BCUT2D eigenvalue weighted by Gasteiger charge is 2.56. The molecule has 2 unspecified atom stereocenters. The Balaban J connectivity index is 1.49. The van der Waals surface area contributed by atoms with Crippen molar-refractivity contribution in [3.63, 3.8) is 0 Å². The Bertz CT molecular complexity index is 547. The molecule has 2 aliphatic carbocycles. The first-order valence-corrected chi connectivity index (χ1v) is 7.36. The first-order valence-electron chi connectivity index (χ1n) is 7.36. The van der Waals surface area contributed by atoms with Crippen LogP contribution in [0.25, 0.3) is 0 Å². The number of carbonyl (C=O) groups is 2. The smallest absolute Gasteiger partial charge is 0.341 e.